The molecule has 3 amide bonds. The predicted octanol–water partition coefficient (Wildman–Crippen LogP) is 3.79. The van der Waals surface area contributed by atoms with Gasteiger partial charge >= 0.3 is 0 Å². The number of hydrogen-bond donors (Lipinski definition) is 4. The fraction of sp³-hybridized carbons (Fsp3) is 0.240. The van der Waals surface area contributed by atoms with Crippen LogP contribution in [0, 0.1) is 0 Å². The highest BCUT2D eigenvalue weighted by Gasteiger charge is 2.15. The van der Waals surface area contributed by atoms with Crippen LogP contribution in [-0.4, -0.2) is 29.8 Å². The van der Waals surface area contributed by atoms with Gasteiger partial charge in [0.15, 0.2) is 0 Å². The average molecular weight is 449 g/mol. The van der Waals surface area contributed by atoms with E-state index in [2.05, 4.69) is 21.3 Å². The molecule has 33 heavy (non-hydrogen) atoms. The second-order valence-electron chi connectivity index (χ2n) is 8.52. The highest BCUT2D eigenvalue weighted by atomic mass is 16.3. The monoisotopic (exact) mass is 448 g/mol. The lowest BCUT2D eigenvalue weighted by Gasteiger charge is -2.20. The number of anilines is 2. The smallest absolute Gasteiger partial charge is 0.251 e. The maximum Gasteiger partial charge on any atom is 0.251 e. The van der Waals surface area contributed by atoms with E-state index in [1.165, 1.54) is 0 Å². The van der Waals surface area contributed by atoms with Gasteiger partial charge in [-0.2, -0.15) is 0 Å². The van der Waals surface area contributed by atoms with Crippen LogP contribution in [0.25, 0.3) is 0 Å². The SMILES string of the molecule is CC(C)(C)NC(=O)c1ccc(NC(=O)CNc2ccc(C(=O)NCc3ccco3)cc2)cc1. The van der Waals surface area contributed by atoms with E-state index in [0.29, 0.717) is 34.8 Å². The van der Waals surface area contributed by atoms with Gasteiger partial charge in [0, 0.05) is 28.0 Å². The van der Waals surface area contributed by atoms with Crippen molar-refractivity contribution in [1.29, 1.82) is 0 Å². The number of benzene rings is 2. The molecule has 8 heteroatoms. The van der Waals surface area contributed by atoms with Crippen LogP contribution in [-0.2, 0) is 11.3 Å². The Morgan fingerprint density at radius 3 is 2.00 bits per heavy atom. The highest BCUT2D eigenvalue weighted by molar-refractivity contribution is 5.97. The van der Waals surface area contributed by atoms with E-state index in [9.17, 15) is 14.4 Å². The van der Waals surface area contributed by atoms with Gasteiger partial charge in [0.1, 0.15) is 5.76 Å². The number of carbonyl (C=O) groups is 3. The Kier molecular flexibility index (Phi) is 7.50. The molecule has 0 unspecified atom stereocenters. The zero-order valence-corrected chi connectivity index (χ0v) is 18.9. The van der Waals surface area contributed by atoms with E-state index in [0.717, 1.165) is 0 Å². The molecule has 1 heterocycles. The predicted molar refractivity (Wildman–Crippen MR) is 127 cm³/mol. The van der Waals surface area contributed by atoms with E-state index >= 15 is 0 Å². The lowest BCUT2D eigenvalue weighted by molar-refractivity contribution is -0.114. The molecule has 0 aliphatic rings. The van der Waals surface area contributed by atoms with E-state index in [1.807, 2.05) is 20.8 Å². The van der Waals surface area contributed by atoms with Crippen LogP contribution < -0.4 is 21.3 Å². The van der Waals surface area contributed by atoms with Crippen LogP contribution in [0.15, 0.2) is 71.3 Å². The van der Waals surface area contributed by atoms with Crippen molar-refractivity contribution >= 4 is 29.1 Å². The molecule has 2 aromatic carbocycles. The average Bonchev–Trinajstić information content (AvgIpc) is 3.29. The fourth-order valence-electron chi connectivity index (χ4n) is 2.93. The quantitative estimate of drug-likeness (QED) is 0.419. The molecule has 0 fully saturated rings. The first kappa shape index (κ1) is 23.6. The van der Waals surface area contributed by atoms with Gasteiger partial charge < -0.3 is 25.7 Å². The first-order valence-electron chi connectivity index (χ1n) is 10.6. The summed E-state index contributed by atoms with van der Waals surface area (Å²) in [5, 5.41) is 11.5. The summed E-state index contributed by atoms with van der Waals surface area (Å²) in [5.41, 5.74) is 2.01. The maximum absolute atomic E-state index is 12.2. The van der Waals surface area contributed by atoms with Crippen molar-refractivity contribution in [3.63, 3.8) is 0 Å². The van der Waals surface area contributed by atoms with Gasteiger partial charge in [-0.3, -0.25) is 14.4 Å². The summed E-state index contributed by atoms with van der Waals surface area (Å²) in [7, 11) is 0. The van der Waals surface area contributed by atoms with Gasteiger partial charge in [-0.15, -0.1) is 0 Å². The Labute approximate surface area is 192 Å². The van der Waals surface area contributed by atoms with Gasteiger partial charge in [0.25, 0.3) is 11.8 Å². The molecule has 0 aliphatic heterocycles. The molecule has 0 atom stereocenters. The number of nitrogens with one attached hydrogen (secondary N) is 4. The van der Waals surface area contributed by atoms with Gasteiger partial charge in [0.2, 0.25) is 5.91 Å². The Morgan fingerprint density at radius 2 is 1.42 bits per heavy atom. The number of furan rings is 1. The van der Waals surface area contributed by atoms with Crippen molar-refractivity contribution in [2.45, 2.75) is 32.9 Å². The molecule has 8 nitrogen and oxygen atoms in total. The molecule has 4 N–H and O–H groups in total. The summed E-state index contributed by atoms with van der Waals surface area (Å²) in [4.78, 5) is 36.6. The van der Waals surface area contributed by atoms with Gasteiger partial charge in [-0.05, 0) is 81.4 Å². The first-order valence-corrected chi connectivity index (χ1v) is 10.6. The number of amides is 3. The molecule has 3 aromatic rings. The highest BCUT2D eigenvalue weighted by Crippen LogP contribution is 2.12. The summed E-state index contributed by atoms with van der Waals surface area (Å²) >= 11 is 0. The van der Waals surface area contributed by atoms with Crippen molar-refractivity contribution in [2.75, 3.05) is 17.2 Å². The largest absolute Gasteiger partial charge is 0.467 e. The van der Waals surface area contributed by atoms with E-state index in [1.54, 1.807) is 66.9 Å². The summed E-state index contributed by atoms with van der Waals surface area (Å²) in [6.45, 7) is 6.11. The minimum absolute atomic E-state index is 0.0519. The maximum atomic E-state index is 12.2. The molecular formula is C25H28N4O4. The molecular weight excluding hydrogens is 420 g/mol. The van der Waals surface area contributed by atoms with Gasteiger partial charge in [-0.25, -0.2) is 0 Å². The molecule has 1 aromatic heterocycles. The topological polar surface area (TPSA) is 112 Å². The van der Waals surface area contributed by atoms with Crippen molar-refractivity contribution in [3.05, 3.63) is 83.8 Å². The van der Waals surface area contributed by atoms with E-state index in [-0.39, 0.29) is 29.8 Å². The second-order valence-corrected chi connectivity index (χ2v) is 8.52. The van der Waals surface area contributed by atoms with Crippen LogP contribution in [0.5, 0.6) is 0 Å². The van der Waals surface area contributed by atoms with Gasteiger partial charge in [0.05, 0.1) is 19.4 Å². The Morgan fingerprint density at radius 1 is 0.818 bits per heavy atom. The van der Waals surface area contributed by atoms with Crippen LogP contribution in [0.1, 0.15) is 47.2 Å². The molecule has 3 rings (SSSR count). The van der Waals surface area contributed by atoms with Crippen LogP contribution >= 0.6 is 0 Å². The molecule has 0 spiro atoms. The second kappa shape index (κ2) is 10.5. The van der Waals surface area contributed by atoms with Crippen molar-refractivity contribution < 1.29 is 18.8 Å². The first-order chi connectivity index (χ1) is 15.7. The summed E-state index contributed by atoms with van der Waals surface area (Å²) in [5.74, 6) is 0.0630. The number of hydrogen-bond acceptors (Lipinski definition) is 5. The minimum Gasteiger partial charge on any atom is -0.467 e. The fourth-order valence-corrected chi connectivity index (χ4v) is 2.93. The Bertz CT molecular complexity index is 1080. The lowest BCUT2D eigenvalue weighted by Crippen LogP contribution is -2.40. The van der Waals surface area contributed by atoms with Crippen molar-refractivity contribution in [1.82, 2.24) is 10.6 Å². The Balaban J connectivity index is 1.44. The third-order valence-corrected chi connectivity index (χ3v) is 4.52. The molecule has 172 valence electrons. The normalized spacial score (nSPS) is 10.9. The Hall–Kier alpha value is -4.07. The summed E-state index contributed by atoms with van der Waals surface area (Å²) in [6, 6.07) is 17.1. The van der Waals surface area contributed by atoms with E-state index < -0.39 is 0 Å². The van der Waals surface area contributed by atoms with Crippen molar-refractivity contribution in [3.8, 4) is 0 Å². The zero-order valence-electron chi connectivity index (χ0n) is 18.9. The summed E-state index contributed by atoms with van der Waals surface area (Å²) < 4.78 is 5.19. The standard InChI is InChI=1S/C25H28N4O4/c1-25(2,3)29-24(32)18-8-12-20(13-9-18)28-22(30)16-26-19-10-6-17(7-11-19)23(31)27-15-21-5-4-14-33-21/h4-14,26H,15-16H2,1-3H3,(H,27,31)(H,28,30)(H,29,32). The lowest BCUT2D eigenvalue weighted by atomic mass is 10.1. The summed E-state index contributed by atoms with van der Waals surface area (Å²) in [6.07, 6.45) is 1.56. The molecule has 0 saturated carbocycles. The zero-order chi connectivity index (χ0) is 23.8. The molecule has 0 radical (unpaired) electrons. The minimum atomic E-state index is -0.322. The van der Waals surface area contributed by atoms with Crippen LogP contribution in [0.4, 0.5) is 11.4 Å². The number of rotatable bonds is 8. The van der Waals surface area contributed by atoms with Crippen LogP contribution in [0.3, 0.4) is 0 Å². The third-order valence-electron chi connectivity index (χ3n) is 4.52. The van der Waals surface area contributed by atoms with Crippen LogP contribution in [0.2, 0.25) is 0 Å². The van der Waals surface area contributed by atoms with E-state index in [4.69, 9.17) is 4.42 Å². The molecule has 0 aliphatic carbocycles. The van der Waals surface area contributed by atoms with Gasteiger partial charge in [-0.1, -0.05) is 0 Å². The van der Waals surface area contributed by atoms with Crippen molar-refractivity contribution in [2.24, 2.45) is 0 Å². The third kappa shape index (κ3) is 7.53. The molecule has 0 saturated heterocycles. The number of carbonyl (C=O) groups excluding carboxylic acids is 3. The molecule has 0 bridgehead atoms.